The van der Waals surface area contributed by atoms with Crippen molar-refractivity contribution >= 4 is 5.97 Å². The molecular weight excluding hydrogens is 140 g/mol. The van der Waals surface area contributed by atoms with Gasteiger partial charge in [-0.1, -0.05) is 26.3 Å². The molecule has 0 aromatic rings. The monoisotopic (exact) mass is 156 g/mol. The van der Waals surface area contributed by atoms with Gasteiger partial charge in [0.25, 0.3) is 0 Å². The average Bonchev–Trinajstić information content (AvgIpc) is 2.01. The second-order valence-corrected chi connectivity index (χ2v) is 2.64. The van der Waals surface area contributed by atoms with Crippen molar-refractivity contribution in [2.45, 2.75) is 27.2 Å². The maximum absolute atomic E-state index is 10.8. The normalized spacial score (nSPS) is 13.4. The van der Waals surface area contributed by atoms with Gasteiger partial charge in [0.15, 0.2) is 0 Å². The van der Waals surface area contributed by atoms with Crippen LogP contribution in [0.3, 0.4) is 0 Å². The predicted octanol–water partition coefficient (Wildman–Crippen LogP) is 2.15. The van der Waals surface area contributed by atoms with E-state index < -0.39 is 0 Å². The summed E-state index contributed by atoms with van der Waals surface area (Å²) in [6.07, 6.45) is 4.16. The summed E-state index contributed by atoms with van der Waals surface area (Å²) < 4.78 is 4.91. The van der Waals surface area contributed by atoms with Crippen molar-refractivity contribution in [1.82, 2.24) is 0 Å². The van der Waals surface area contributed by atoms with Gasteiger partial charge in [0, 0.05) is 6.08 Å². The largest absolute Gasteiger partial charge is 0.462 e. The minimum absolute atomic E-state index is 0.243. The van der Waals surface area contributed by atoms with Crippen molar-refractivity contribution in [2.75, 3.05) is 6.61 Å². The van der Waals surface area contributed by atoms with Crippen LogP contribution in [0.25, 0.3) is 0 Å². The molecule has 2 nitrogen and oxygen atoms in total. The Bertz CT molecular complexity index is 138. The lowest BCUT2D eigenvalue weighted by atomic mass is 10.1. The Morgan fingerprint density at radius 2 is 2.27 bits per heavy atom. The maximum Gasteiger partial charge on any atom is 0.330 e. The quantitative estimate of drug-likeness (QED) is 0.460. The Kier molecular flexibility index (Phi) is 5.53. The van der Waals surface area contributed by atoms with Crippen molar-refractivity contribution in [3.8, 4) is 0 Å². The van der Waals surface area contributed by atoms with Crippen LogP contribution in [0.15, 0.2) is 12.2 Å². The Morgan fingerprint density at radius 1 is 1.64 bits per heavy atom. The van der Waals surface area contributed by atoms with E-state index in [4.69, 9.17) is 4.74 Å². The highest BCUT2D eigenvalue weighted by Crippen LogP contribution is 2.00. The van der Waals surface area contributed by atoms with Gasteiger partial charge in [0.05, 0.1) is 6.61 Å². The van der Waals surface area contributed by atoms with Gasteiger partial charge in [-0.05, 0) is 12.8 Å². The summed E-state index contributed by atoms with van der Waals surface area (Å²) in [7, 11) is 0. The smallest absolute Gasteiger partial charge is 0.330 e. The van der Waals surface area contributed by atoms with Gasteiger partial charge in [-0.2, -0.15) is 0 Å². The fourth-order valence-corrected chi connectivity index (χ4v) is 0.526. The number of ether oxygens (including phenoxy) is 1. The van der Waals surface area contributed by atoms with Gasteiger partial charge < -0.3 is 4.74 Å². The summed E-state index contributed by atoms with van der Waals surface area (Å²) in [4.78, 5) is 10.8. The van der Waals surface area contributed by atoms with Crippen molar-refractivity contribution < 1.29 is 9.53 Å². The van der Waals surface area contributed by atoms with Gasteiger partial charge in [-0.3, -0.25) is 0 Å². The molecule has 0 radical (unpaired) electrons. The fraction of sp³-hybridized carbons (Fsp3) is 0.667. The van der Waals surface area contributed by atoms with Crippen LogP contribution in [0, 0.1) is 5.92 Å². The van der Waals surface area contributed by atoms with Crippen LogP contribution in [0.5, 0.6) is 0 Å². The van der Waals surface area contributed by atoms with E-state index in [0.717, 1.165) is 6.42 Å². The third-order valence-electron chi connectivity index (χ3n) is 1.51. The molecule has 0 aromatic carbocycles. The molecule has 0 N–H and O–H groups in total. The first kappa shape index (κ1) is 10.2. The second-order valence-electron chi connectivity index (χ2n) is 2.64. The second kappa shape index (κ2) is 5.96. The van der Waals surface area contributed by atoms with Gasteiger partial charge >= 0.3 is 5.97 Å². The summed E-state index contributed by atoms with van der Waals surface area (Å²) in [5.41, 5.74) is 0. The van der Waals surface area contributed by atoms with E-state index in [-0.39, 0.29) is 5.97 Å². The average molecular weight is 156 g/mol. The zero-order chi connectivity index (χ0) is 8.69. The highest BCUT2D eigenvalue weighted by molar-refractivity contribution is 5.81. The summed E-state index contributed by atoms with van der Waals surface area (Å²) >= 11 is 0. The van der Waals surface area contributed by atoms with E-state index in [1.165, 1.54) is 6.08 Å². The molecule has 0 aliphatic rings. The third-order valence-corrected chi connectivity index (χ3v) is 1.51. The molecule has 0 aliphatic carbocycles. The molecule has 0 saturated carbocycles. The summed E-state index contributed by atoms with van der Waals surface area (Å²) in [5, 5.41) is 0. The van der Waals surface area contributed by atoms with Crippen molar-refractivity contribution in [2.24, 2.45) is 5.92 Å². The molecule has 0 aliphatic heterocycles. The third kappa shape index (κ3) is 5.64. The molecule has 11 heavy (non-hydrogen) atoms. The molecule has 0 fully saturated rings. The van der Waals surface area contributed by atoms with Crippen LogP contribution in [0.1, 0.15) is 27.2 Å². The van der Waals surface area contributed by atoms with Crippen LogP contribution < -0.4 is 0 Å². The van der Waals surface area contributed by atoms with Crippen LogP contribution in [-0.2, 0) is 9.53 Å². The van der Waals surface area contributed by atoms with E-state index in [9.17, 15) is 4.79 Å². The lowest BCUT2D eigenvalue weighted by Crippen LogP contribution is -2.08. The molecule has 1 atom stereocenters. The molecule has 2 heteroatoms. The van der Waals surface area contributed by atoms with Gasteiger partial charge in [-0.15, -0.1) is 0 Å². The lowest BCUT2D eigenvalue weighted by Gasteiger charge is -2.06. The molecule has 1 unspecified atom stereocenters. The summed E-state index contributed by atoms with van der Waals surface area (Å²) in [6.45, 7) is 6.46. The Hall–Kier alpha value is -0.790. The van der Waals surface area contributed by atoms with E-state index in [2.05, 4.69) is 13.8 Å². The zero-order valence-corrected chi connectivity index (χ0v) is 7.46. The Labute approximate surface area is 68.2 Å². The highest BCUT2D eigenvalue weighted by atomic mass is 16.5. The first-order chi connectivity index (χ1) is 5.20. The Morgan fingerprint density at radius 3 is 2.73 bits per heavy atom. The van der Waals surface area contributed by atoms with Crippen LogP contribution in [0.4, 0.5) is 0 Å². The molecule has 64 valence electrons. The topological polar surface area (TPSA) is 26.3 Å². The standard InChI is InChI=1S/C9H16O2/c1-4-6-9(10)11-7-8(3)5-2/h4,6,8H,5,7H2,1-3H3/b6-4-. The lowest BCUT2D eigenvalue weighted by molar-refractivity contribution is -0.138. The number of hydrogen-bond donors (Lipinski definition) is 0. The molecule has 0 aromatic heterocycles. The molecule has 0 spiro atoms. The van der Waals surface area contributed by atoms with Crippen LogP contribution in [0.2, 0.25) is 0 Å². The molecule has 0 amide bonds. The molecule has 0 bridgehead atoms. The first-order valence-corrected chi connectivity index (χ1v) is 4.00. The van der Waals surface area contributed by atoms with Crippen molar-refractivity contribution in [1.29, 1.82) is 0 Å². The number of esters is 1. The van der Waals surface area contributed by atoms with Gasteiger partial charge in [-0.25, -0.2) is 4.79 Å². The van der Waals surface area contributed by atoms with Crippen molar-refractivity contribution in [3.05, 3.63) is 12.2 Å². The Balaban J connectivity index is 3.45. The van der Waals surface area contributed by atoms with E-state index in [0.29, 0.717) is 12.5 Å². The number of carbonyl (C=O) groups excluding carboxylic acids is 1. The zero-order valence-electron chi connectivity index (χ0n) is 7.46. The summed E-state index contributed by atoms with van der Waals surface area (Å²) in [6, 6.07) is 0. The number of carbonyl (C=O) groups is 1. The first-order valence-electron chi connectivity index (χ1n) is 4.00. The molecular formula is C9H16O2. The molecule has 0 rings (SSSR count). The minimum Gasteiger partial charge on any atom is -0.462 e. The predicted molar refractivity (Wildman–Crippen MR) is 45.2 cm³/mol. The van der Waals surface area contributed by atoms with Gasteiger partial charge in [0.1, 0.15) is 0 Å². The van der Waals surface area contributed by atoms with Crippen LogP contribution in [-0.4, -0.2) is 12.6 Å². The minimum atomic E-state index is -0.243. The molecule has 0 heterocycles. The van der Waals surface area contributed by atoms with E-state index >= 15 is 0 Å². The molecule has 0 saturated heterocycles. The number of allylic oxidation sites excluding steroid dienone is 1. The van der Waals surface area contributed by atoms with Crippen molar-refractivity contribution in [3.63, 3.8) is 0 Å². The summed E-state index contributed by atoms with van der Waals surface area (Å²) in [5.74, 6) is 0.219. The maximum atomic E-state index is 10.8. The van der Waals surface area contributed by atoms with Gasteiger partial charge in [0.2, 0.25) is 0 Å². The van der Waals surface area contributed by atoms with Crippen LogP contribution >= 0.6 is 0 Å². The number of rotatable bonds is 4. The van der Waals surface area contributed by atoms with E-state index in [1.807, 2.05) is 0 Å². The number of hydrogen-bond acceptors (Lipinski definition) is 2. The highest BCUT2D eigenvalue weighted by Gasteiger charge is 2.01. The fourth-order valence-electron chi connectivity index (χ4n) is 0.526. The van der Waals surface area contributed by atoms with E-state index in [1.54, 1.807) is 13.0 Å². The SMILES string of the molecule is C/C=C\C(=O)OCC(C)CC.